The molecule has 1 heterocycles. The molecule has 2 aliphatic rings. The molecule has 0 radical (unpaired) electrons. The van der Waals surface area contributed by atoms with Gasteiger partial charge in [0.15, 0.2) is 0 Å². The molecule has 1 N–H and O–H groups in total. The van der Waals surface area contributed by atoms with Gasteiger partial charge in [0.05, 0.1) is 12.2 Å². The Balaban J connectivity index is 2.14. The van der Waals surface area contributed by atoms with Crippen LogP contribution in [0.3, 0.4) is 0 Å². The van der Waals surface area contributed by atoms with E-state index in [1.165, 1.54) is 25.7 Å². The van der Waals surface area contributed by atoms with Crippen LogP contribution in [0, 0.1) is 0 Å². The molecule has 1 aliphatic heterocycles. The van der Waals surface area contributed by atoms with E-state index in [1.807, 2.05) is 11.8 Å². The lowest BCUT2D eigenvalue weighted by Crippen LogP contribution is -2.50. The third kappa shape index (κ3) is 3.33. The standard InChI is InChI=1S/C16H30N2OS/c1-4-8-12-16(19)18(15(17-12)9-5-2)13-10-6-7-11-14(13)20-3/h12-15,17H,4-11H2,1-3H3. The second-order valence-electron chi connectivity index (χ2n) is 6.18. The third-order valence-corrected chi connectivity index (χ3v) is 5.90. The maximum Gasteiger partial charge on any atom is 0.241 e. The fraction of sp³-hybridized carbons (Fsp3) is 0.938. The van der Waals surface area contributed by atoms with Gasteiger partial charge in [0, 0.05) is 11.3 Å². The SMILES string of the molecule is CCCC1NC(CCC)N(C2CCCCC2SC)C1=O. The van der Waals surface area contributed by atoms with Crippen LogP contribution in [0.1, 0.15) is 65.2 Å². The molecule has 0 aromatic rings. The van der Waals surface area contributed by atoms with Crippen LogP contribution in [0.25, 0.3) is 0 Å². The first-order valence-electron chi connectivity index (χ1n) is 8.33. The zero-order valence-corrected chi connectivity index (χ0v) is 14.0. The molecule has 4 atom stereocenters. The summed E-state index contributed by atoms with van der Waals surface area (Å²) in [5, 5.41) is 4.24. The Morgan fingerprint density at radius 2 is 1.90 bits per heavy atom. The maximum absolute atomic E-state index is 12.8. The minimum absolute atomic E-state index is 0.0704. The molecule has 0 aromatic carbocycles. The molecule has 0 bridgehead atoms. The largest absolute Gasteiger partial charge is 0.322 e. The summed E-state index contributed by atoms with van der Waals surface area (Å²) in [6, 6.07) is 0.526. The number of carbonyl (C=O) groups is 1. The fourth-order valence-corrected chi connectivity index (χ4v) is 4.76. The molecule has 20 heavy (non-hydrogen) atoms. The van der Waals surface area contributed by atoms with Gasteiger partial charge in [-0.2, -0.15) is 11.8 Å². The molecule has 2 rings (SSSR count). The van der Waals surface area contributed by atoms with Crippen LogP contribution >= 0.6 is 11.8 Å². The van der Waals surface area contributed by atoms with Crippen molar-refractivity contribution in [3.05, 3.63) is 0 Å². The van der Waals surface area contributed by atoms with Crippen LogP contribution in [0.2, 0.25) is 0 Å². The lowest BCUT2D eigenvalue weighted by atomic mass is 9.93. The van der Waals surface area contributed by atoms with Gasteiger partial charge in [0.1, 0.15) is 0 Å². The molecule has 0 spiro atoms. The van der Waals surface area contributed by atoms with E-state index in [2.05, 4.69) is 30.3 Å². The highest BCUT2D eigenvalue weighted by Gasteiger charge is 2.44. The van der Waals surface area contributed by atoms with Crippen molar-refractivity contribution >= 4 is 17.7 Å². The van der Waals surface area contributed by atoms with Crippen molar-refractivity contribution in [2.45, 2.75) is 88.7 Å². The number of hydrogen-bond acceptors (Lipinski definition) is 3. The van der Waals surface area contributed by atoms with Gasteiger partial charge in [-0.05, 0) is 31.9 Å². The molecule has 4 heteroatoms. The van der Waals surface area contributed by atoms with Crippen molar-refractivity contribution in [2.75, 3.05) is 6.26 Å². The number of amides is 1. The molecule has 2 fully saturated rings. The maximum atomic E-state index is 12.8. The van der Waals surface area contributed by atoms with Gasteiger partial charge in [-0.15, -0.1) is 0 Å². The predicted octanol–water partition coefficient (Wildman–Crippen LogP) is 3.39. The molecule has 1 aliphatic carbocycles. The van der Waals surface area contributed by atoms with Gasteiger partial charge in [0.25, 0.3) is 0 Å². The minimum atomic E-state index is 0.0704. The molecule has 4 unspecified atom stereocenters. The van der Waals surface area contributed by atoms with Crippen LogP contribution in [-0.4, -0.2) is 40.6 Å². The first kappa shape index (κ1) is 16.2. The van der Waals surface area contributed by atoms with Crippen molar-refractivity contribution in [2.24, 2.45) is 0 Å². The van der Waals surface area contributed by atoms with E-state index < -0.39 is 0 Å². The summed E-state index contributed by atoms with van der Waals surface area (Å²) in [4.78, 5) is 15.0. The summed E-state index contributed by atoms with van der Waals surface area (Å²) in [6.07, 6.45) is 11.8. The number of thioether (sulfide) groups is 1. The topological polar surface area (TPSA) is 32.3 Å². The summed E-state index contributed by atoms with van der Waals surface area (Å²) >= 11 is 1.96. The molecule has 1 saturated heterocycles. The Kier molecular flexibility index (Phi) is 6.21. The summed E-state index contributed by atoms with van der Waals surface area (Å²) < 4.78 is 0. The Hall–Kier alpha value is -0.220. The highest BCUT2D eigenvalue weighted by molar-refractivity contribution is 7.99. The van der Waals surface area contributed by atoms with E-state index >= 15 is 0 Å². The molecule has 1 saturated carbocycles. The highest BCUT2D eigenvalue weighted by atomic mass is 32.2. The fourth-order valence-electron chi connectivity index (χ4n) is 3.77. The second kappa shape index (κ2) is 7.69. The smallest absolute Gasteiger partial charge is 0.241 e. The first-order valence-corrected chi connectivity index (χ1v) is 9.62. The number of carbonyl (C=O) groups excluding carboxylic acids is 1. The van der Waals surface area contributed by atoms with Gasteiger partial charge >= 0.3 is 0 Å². The molecule has 3 nitrogen and oxygen atoms in total. The van der Waals surface area contributed by atoms with Crippen molar-refractivity contribution in [1.82, 2.24) is 10.2 Å². The van der Waals surface area contributed by atoms with Crippen molar-refractivity contribution in [3.8, 4) is 0 Å². The lowest BCUT2D eigenvalue weighted by molar-refractivity contribution is -0.133. The number of hydrogen-bond donors (Lipinski definition) is 1. The summed E-state index contributed by atoms with van der Waals surface area (Å²) in [7, 11) is 0. The van der Waals surface area contributed by atoms with E-state index in [1.54, 1.807) is 0 Å². The normalized spacial score (nSPS) is 34.8. The average Bonchev–Trinajstić information content (AvgIpc) is 2.76. The van der Waals surface area contributed by atoms with E-state index in [0.717, 1.165) is 25.7 Å². The number of nitrogens with one attached hydrogen (secondary N) is 1. The second-order valence-corrected chi connectivity index (χ2v) is 7.26. The zero-order valence-electron chi connectivity index (χ0n) is 13.2. The van der Waals surface area contributed by atoms with E-state index in [4.69, 9.17) is 0 Å². The van der Waals surface area contributed by atoms with Crippen molar-refractivity contribution in [3.63, 3.8) is 0 Å². The van der Waals surface area contributed by atoms with Crippen LogP contribution < -0.4 is 5.32 Å². The van der Waals surface area contributed by atoms with E-state index in [0.29, 0.717) is 17.2 Å². The highest BCUT2D eigenvalue weighted by Crippen LogP contribution is 2.34. The van der Waals surface area contributed by atoms with Crippen LogP contribution in [-0.2, 0) is 4.79 Å². The van der Waals surface area contributed by atoms with Gasteiger partial charge in [-0.1, -0.05) is 39.5 Å². The Bertz CT molecular complexity index is 324. The third-order valence-electron chi connectivity index (χ3n) is 4.75. The number of rotatable bonds is 6. The predicted molar refractivity (Wildman–Crippen MR) is 86.9 cm³/mol. The Labute approximate surface area is 128 Å². The van der Waals surface area contributed by atoms with Crippen LogP contribution in [0.15, 0.2) is 0 Å². The zero-order chi connectivity index (χ0) is 14.5. The quantitative estimate of drug-likeness (QED) is 0.816. The van der Waals surface area contributed by atoms with Gasteiger partial charge in [-0.3, -0.25) is 10.1 Å². The summed E-state index contributed by atoms with van der Waals surface area (Å²) in [5.74, 6) is 0.372. The molecular formula is C16H30N2OS. The van der Waals surface area contributed by atoms with Gasteiger partial charge in [-0.25, -0.2) is 0 Å². The Morgan fingerprint density at radius 3 is 2.55 bits per heavy atom. The first-order chi connectivity index (χ1) is 9.72. The van der Waals surface area contributed by atoms with Crippen molar-refractivity contribution in [1.29, 1.82) is 0 Å². The van der Waals surface area contributed by atoms with Gasteiger partial charge < -0.3 is 4.90 Å². The molecular weight excluding hydrogens is 268 g/mol. The van der Waals surface area contributed by atoms with Crippen molar-refractivity contribution < 1.29 is 4.79 Å². The molecule has 116 valence electrons. The minimum Gasteiger partial charge on any atom is -0.322 e. The average molecular weight is 298 g/mol. The summed E-state index contributed by atoms with van der Waals surface area (Å²) in [5.41, 5.74) is 0. The monoisotopic (exact) mass is 298 g/mol. The molecule has 1 amide bonds. The lowest BCUT2D eigenvalue weighted by Gasteiger charge is -2.40. The Morgan fingerprint density at radius 1 is 1.20 bits per heavy atom. The van der Waals surface area contributed by atoms with Gasteiger partial charge in [0.2, 0.25) is 5.91 Å². The van der Waals surface area contributed by atoms with Crippen LogP contribution in [0.4, 0.5) is 0 Å². The molecule has 0 aromatic heterocycles. The van der Waals surface area contributed by atoms with Crippen LogP contribution in [0.5, 0.6) is 0 Å². The number of nitrogens with zero attached hydrogens (tertiary/aromatic N) is 1. The van der Waals surface area contributed by atoms with E-state index in [-0.39, 0.29) is 12.2 Å². The summed E-state index contributed by atoms with van der Waals surface area (Å²) in [6.45, 7) is 4.38. The van der Waals surface area contributed by atoms with E-state index in [9.17, 15) is 4.79 Å².